The third kappa shape index (κ3) is 1.78. The number of rotatable bonds is 1. The summed E-state index contributed by atoms with van der Waals surface area (Å²) in [7, 11) is 0. The summed E-state index contributed by atoms with van der Waals surface area (Å²) in [5.41, 5.74) is 3.79. The van der Waals surface area contributed by atoms with Crippen molar-refractivity contribution in [2.75, 3.05) is 0 Å². The maximum atomic E-state index is 11.6. The molecular formula is C15H17NO. The maximum Gasteiger partial charge on any atom is 0.133 e. The van der Waals surface area contributed by atoms with E-state index in [2.05, 4.69) is 30.1 Å². The van der Waals surface area contributed by atoms with Gasteiger partial charge in [-0.15, -0.1) is 0 Å². The number of hydrogen-bond donors (Lipinski definition) is 1. The summed E-state index contributed by atoms with van der Waals surface area (Å²) in [6, 6.07) is 8.37. The van der Waals surface area contributed by atoms with Gasteiger partial charge in [0.15, 0.2) is 0 Å². The van der Waals surface area contributed by atoms with E-state index in [9.17, 15) is 4.79 Å². The number of carbonyl (C=O) groups excluding carboxylic acids is 1. The molecule has 0 bridgehead atoms. The lowest BCUT2D eigenvalue weighted by Crippen LogP contribution is -2.14. The van der Waals surface area contributed by atoms with Gasteiger partial charge in [-0.1, -0.05) is 18.2 Å². The zero-order valence-electron chi connectivity index (χ0n) is 10.1. The normalized spacial score (nSPS) is 21.0. The highest BCUT2D eigenvalue weighted by atomic mass is 16.1. The van der Waals surface area contributed by atoms with Crippen molar-refractivity contribution in [2.45, 2.75) is 38.5 Å². The van der Waals surface area contributed by atoms with Crippen LogP contribution in [-0.4, -0.2) is 10.8 Å². The molecule has 1 N–H and O–H groups in total. The van der Waals surface area contributed by atoms with Gasteiger partial charge in [0.25, 0.3) is 0 Å². The van der Waals surface area contributed by atoms with Crippen LogP contribution in [-0.2, 0) is 4.79 Å². The molecule has 2 heteroatoms. The number of para-hydroxylation sites is 1. The van der Waals surface area contributed by atoms with Crippen LogP contribution in [0.25, 0.3) is 10.9 Å². The number of Topliss-reactive ketones (excluding diaryl/α,β-unsaturated/α-hetero) is 1. The van der Waals surface area contributed by atoms with Crippen molar-refractivity contribution in [3.05, 3.63) is 35.5 Å². The van der Waals surface area contributed by atoms with Crippen LogP contribution in [0.1, 0.15) is 42.9 Å². The van der Waals surface area contributed by atoms with E-state index in [0.717, 1.165) is 19.3 Å². The van der Waals surface area contributed by atoms with E-state index in [-0.39, 0.29) is 0 Å². The highest BCUT2D eigenvalue weighted by Gasteiger charge is 2.24. The number of benzene rings is 1. The van der Waals surface area contributed by atoms with Crippen LogP contribution in [0.4, 0.5) is 0 Å². The van der Waals surface area contributed by atoms with Crippen molar-refractivity contribution in [3.8, 4) is 0 Å². The zero-order valence-corrected chi connectivity index (χ0v) is 10.1. The summed E-state index contributed by atoms with van der Waals surface area (Å²) in [4.78, 5) is 15.1. The Morgan fingerprint density at radius 3 is 2.88 bits per heavy atom. The van der Waals surface area contributed by atoms with Crippen LogP contribution in [0.15, 0.2) is 24.3 Å². The van der Waals surface area contributed by atoms with Gasteiger partial charge in [0.05, 0.1) is 0 Å². The number of H-pyrrole nitrogens is 1. The third-order valence-electron chi connectivity index (χ3n) is 3.89. The van der Waals surface area contributed by atoms with Crippen molar-refractivity contribution in [3.63, 3.8) is 0 Å². The molecule has 1 atom stereocenters. The quantitative estimate of drug-likeness (QED) is 0.791. The van der Waals surface area contributed by atoms with Gasteiger partial charge >= 0.3 is 0 Å². The summed E-state index contributed by atoms with van der Waals surface area (Å²) in [5, 5.41) is 1.29. The Morgan fingerprint density at radius 2 is 2.12 bits per heavy atom. The van der Waals surface area contributed by atoms with Gasteiger partial charge in [-0.05, 0) is 31.4 Å². The molecule has 1 heterocycles. The molecule has 0 saturated heterocycles. The first-order chi connectivity index (χ1) is 8.25. The van der Waals surface area contributed by atoms with Crippen LogP contribution in [0.2, 0.25) is 0 Å². The van der Waals surface area contributed by atoms with Crippen molar-refractivity contribution in [1.29, 1.82) is 0 Å². The van der Waals surface area contributed by atoms with Crippen LogP contribution in [0.5, 0.6) is 0 Å². The summed E-state index contributed by atoms with van der Waals surface area (Å²) in [5.74, 6) is 0.822. The standard InChI is InChI=1S/C15H17NO/c1-10-13-7-2-3-8-14(13)16-15(10)11-5-4-6-12(17)9-11/h2-3,7-8,11,16H,4-6,9H2,1H3. The summed E-state index contributed by atoms with van der Waals surface area (Å²) in [6.07, 6.45) is 3.67. The lowest BCUT2D eigenvalue weighted by molar-refractivity contribution is -0.120. The summed E-state index contributed by atoms with van der Waals surface area (Å²) in [6.45, 7) is 2.16. The van der Waals surface area contributed by atoms with Gasteiger partial charge in [0, 0.05) is 35.4 Å². The van der Waals surface area contributed by atoms with E-state index in [1.807, 2.05) is 6.07 Å². The number of aryl methyl sites for hydroxylation is 1. The molecule has 1 unspecified atom stereocenters. The van der Waals surface area contributed by atoms with E-state index in [1.165, 1.54) is 22.2 Å². The number of nitrogens with one attached hydrogen (secondary N) is 1. The number of ketones is 1. The Morgan fingerprint density at radius 1 is 1.29 bits per heavy atom. The van der Waals surface area contributed by atoms with E-state index < -0.39 is 0 Å². The summed E-state index contributed by atoms with van der Waals surface area (Å²) >= 11 is 0. The first kappa shape index (κ1) is 10.6. The molecule has 1 saturated carbocycles. The fraction of sp³-hybridized carbons (Fsp3) is 0.400. The Hall–Kier alpha value is -1.57. The smallest absolute Gasteiger partial charge is 0.133 e. The van der Waals surface area contributed by atoms with Crippen LogP contribution >= 0.6 is 0 Å². The first-order valence-corrected chi connectivity index (χ1v) is 6.34. The highest BCUT2D eigenvalue weighted by molar-refractivity contribution is 5.85. The Bertz CT molecular complexity index is 567. The number of fused-ring (bicyclic) bond motifs is 1. The topological polar surface area (TPSA) is 32.9 Å². The molecule has 2 nitrogen and oxygen atoms in total. The van der Waals surface area contributed by atoms with Gasteiger partial charge < -0.3 is 4.98 Å². The number of carbonyl (C=O) groups is 1. The minimum absolute atomic E-state index is 0.406. The Kier molecular flexibility index (Phi) is 2.50. The lowest BCUT2D eigenvalue weighted by atomic mass is 9.85. The van der Waals surface area contributed by atoms with E-state index in [0.29, 0.717) is 18.1 Å². The fourth-order valence-corrected chi connectivity index (χ4v) is 2.98. The van der Waals surface area contributed by atoms with Crippen LogP contribution in [0, 0.1) is 6.92 Å². The predicted octanol–water partition coefficient (Wildman–Crippen LogP) is 3.70. The summed E-state index contributed by atoms with van der Waals surface area (Å²) < 4.78 is 0. The molecule has 3 rings (SSSR count). The molecule has 0 spiro atoms. The Balaban J connectivity index is 2.05. The highest BCUT2D eigenvalue weighted by Crippen LogP contribution is 2.35. The average Bonchev–Trinajstić information content (AvgIpc) is 2.68. The van der Waals surface area contributed by atoms with E-state index >= 15 is 0 Å². The fourth-order valence-electron chi connectivity index (χ4n) is 2.98. The number of aromatic nitrogens is 1. The maximum absolute atomic E-state index is 11.6. The molecule has 1 aromatic heterocycles. The SMILES string of the molecule is Cc1c(C2CCCC(=O)C2)[nH]c2ccccc12. The molecule has 2 aromatic rings. The van der Waals surface area contributed by atoms with Gasteiger partial charge in [-0.3, -0.25) is 4.79 Å². The average molecular weight is 227 g/mol. The monoisotopic (exact) mass is 227 g/mol. The molecule has 17 heavy (non-hydrogen) atoms. The second kappa shape index (κ2) is 4.02. The third-order valence-corrected chi connectivity index (χ3v) is 3.89. The molecule has 88 valence electrons. The van der Waals surface area contributed by atoms with Crippen molar-refractivity contribution in [1.82, 2.24) is 4.98 Å². The molecule has 1 fully saturated rings. The van der Waals surface area contributed by atoms with Gasteiger partial charge in [0.1, 0.15) is 5.78 Å². The van der Waals surface area contributed by atoms with Crippen molar-refractivity contribution in [2.24, 2.45) is 0 Å². The minimum Gasteiger partial charge on any atom is -0.358 e. The second-order valence-corrected chi connectivity index (χ2v) is 5.04. The van der Waals surface area contributed by atoms with E-state index in [4.69, 9.17) is 0 Å². The van der Waals surface area contributed by atoms with Crippen LogP contribution < -0.4 is 0 Å². The molecule has 0 amide bonds. The number of aromatic amines is 1. The molecule has 1 aromatic carbocycles. The predicted molar refractivity (Wildman–Crippen MR) is 69.3 cm³/mol. The molecular weight excluding hydrogens is 210 g/mol. The van der Waals surface area contributed by atoms with Gasteiger partial charge in [-0.2, -0.15) is 0 Å². The van der Waals surface area contributed by atoms with E-state index in [1.54, 1.807) is 0 Å². The lowest BCUT2D eigenvalue weighted by Gasteiger charge is -2.20. The van der Waals surface area contributed by atoms with Crippen molar-refractivity contribution < 1.29 is 4.79 Å². The first-order valence-electron chi connectivity index (χ1n) is 6.34. The van der Waals surface area contributed by atoms with Crippen LogP contribution in [0.3, 0.4) is 0 Å². The van der Waals surface area contributed by atoms with Crippen molar-refractivity contribution >= 4 is 16.7 Å². The molecule has 1 aliphatic rings. The molecule has 0 aliphatic heterocycles. The minimum atomic E-state index is 0.406. The number of hydrogen-bond acceptors (Lipinski definition) is 1. The molecule has 0 radical (unpaired) electrons. The Labute approximate surface area is 101 Å². The second-order valence-electron chi connectivity index (χ2n) is 5.04. The largest absolute Gasteiger partial charge is 0.358 e. The van der Waals surface area contributed by atoms with Gasteiger partial charge in [-0.25, -0.2) is 0 Å². The zero-order chi connectivity index (χ0) is 11.8. The van der Waals surface area contributed by atoms with Gasteiger partial charge in [0.2, 0.25) is 0 Å². The molecule has 1 aliphatic carbocycles.